The van der Waals surface area contributed by atoms with E-state index in [4.69, 9.17) is 0 Å². The molecule has 0 aliphatic rings. The summed E-state index contributed by atoms with van der Waals surface area (Å²) in [6, 6.07) is 1.23. The summed E-state index contributed by atoms with van der Waals surface area (Å²) in [6.45, 7) is -0.337. The lowest BCUT2D eigenvalue weighted by molar-refractivity contribution is -0.143. The second-order valence-corrected chi connectivity index (χ2v) is 3.93. The van der Waals surface area contributed by atoms with Gasteiger partial charge in [-0.25, -0.2) is 0 Å². The van der Waals surface area contributed by atoms with E-state index < -0.39 is 23.5 Å². The molecule has 0 heterocycles. The molecule has 1 aromatic rings. The van der Waals surface area contributed by atoms with Gasteiger partial charge in [-0.05, 0) is 23.8 Å². The van der Waals surface area contributed by atoms with Crippen molar-refractivity contribution in [2.24, 2.45) is 0 Å². The van der Waals surface area contributed by atoms with E-state index in [1.807, 2.05) is 0 Å². The van der Waals surface area contributed by atoms with Gasteiger partial charge in [0.15, 0.2) is 0 Å². The lowest BCUT2D eigenvalue weighted by atomic mass is 10.0. The third kappa shape index (κ3) is 4.75. The third-order valence-corrected chi connectivity index (χ3v) is 2.26. The van der Waals surface area contributed by atoms with Crippen molar-refractivity contribution in [3.63, 3.8) is 0 Å². The van der Waals surface area contributed by atoms with Crippen LogP contribution in [0.1, 0.15) is 24.1 Å². The minimum atomic E-state index is -4.88. The highest BCUT2D eigenvalue weighted by Crippen LogP contribution is 2.36. The summed E-state index contributed by atoms with van der Waals surface area (Å²) in [5, 5.41) is 0. The number of benzene rings is 1. The van der Waals surface area contributed by atoms with Crippen LogP contribution in [0, 0.1) is 0 Å². The molecule has 114 valence electrons. The zero-order chi connectivity index (χ0) is 14.8. The number of rotatable bonds is 3. The van der Waals surface area contributed by atoms with Crippen molar-refractivity contribution in [3.05, 3.63) is 34.9 Å². The first-order valence-corrected chi connectivity index (χ1v) is 4.98. The van der Waals surface area contributed by atoms with Gasteiger partial charge in [-0.3, -0.25) is 4.79 Å². The molecule has 0 radical (unpaired) electrons. The van der Waals surface area contributed by atoms with E-state index in [9.17, 15) is 31.1 Å². The van der Waals surface area contributed by atoms with Gasteiger partial charge in [-0.15, -0.1) is 0 Å². The molecule has 0 unspecified atom stereocenters. The van der Waals surface area contributed by atoms with E-state index in [0.717, 1.165) is 4.90 Å². The maximum absolute atomic E-state index is 12.5. The Labute approximate surface area is 112 Å². The van der Waals surface area contributed by atoms with Crippen LogP contribution in [0.4, 0.5) is 26.3 Å². The molecule has 1 amide bonds. The number of amides is 1. The highest BCUT2D eigenvalue weighted by Gasteiger charge is 2.36. The predicted molar refractivity (Wildman–Crippen MR) is 60.7 cm³/mol. The third-order valence-electron chi connectivity index (χ3n) is 2.26. The van der Waals surface area contributed by atoms with Gasteiger partial charge < -0.3 is 4.90 Å². The zero-order valence-corrected chi connectivity index (χ0v) is 9.64. The predicted octanol–water partition coefficient (Wildman–Crippen LogP) is 3.95. The summed E-state index contributed by atoms with van der Waals surface area (Å²) in [5.41, 5.74) is -3.02. The summed E-state index contributed by atoms with van der Waals surface area (Å²) >= 11 is 0. The van der Waals surface area contributed by atoms with Crippen molar-refractivity contribution in [3.8, 4) is 0 Å². The summed E-state index contributed by atoms with van der Waals surface area (Å²) in [7, 11) is 1.25. The Morgan fingerprint density at radius 3 is 1.70 bits per heavy atom. The van der Waals surface area contributed by atoms with Crippen LogP contribution >= 0.6 is 0 Å². The van der Waals surface area contributed by atoms with Crippen LogP contribution in [0.3, 0.4) is 0 Å². The molecule has 0 aliphatic carbocycles. The smallest absolute Gasteiger partial charge is 0.344 e. The molecular formula is C12H13F6NO. The van der Waals surface area contributed by atoms with E-state index in [0.29, 0.717) is 18.5 Å². The van der Waals surface area contributed by atoms with Crippen LogP contribution < -0.4 is 0 Å². The summed E-state index contributed by atoms with van der Waals surface area (Å²) in [4.78, 5) is 11.3. The Morgan fingerprint density at radius 2 is 1.40 bits per heavy atom. The molecule has 1 rings (SSSR count). The Kier molecular flexibility index (Phi) is 5.62. The standard InChI is InChI=1S/C11H9F6NO.CH4/c1-18(6-19)5-7-2-8(10(12,13)14)4-9(3-7)11(15,16)17;/h2-4,6H,5H2,1H3;1H4. The van der Waals surface area contributed by atoms with Gasteiger partial charge in [0.2, 0.25) is 6.41 Å². The van der Waals surface area contributed by atoms with E-state index in [1.54, 1.807) is 0 Å². The Morgan fingerprint density at radius 1 is 1.00 bits per heavy atom. The van der Waals surface area contributed by atoms with Gasteiger partial charge in [0, 0.05) is 13.6 Å². The lowest BCUT2D eigenvalue weighted by Crippen LogP contribution is -2.17. The highest BCUT2D eigenvalue weighted by atomic mass is 19.4. The molecule has 0 spiro atoms. The second kappa shape index (κ2) is 6.15. The van der Waals surface area contributed by atoms with E-state index in [-0.39, 0.29) is 25.6 Å². The molecule has 0 N–H and O–H groups in total. The van der Waals surface area contributed by atoms with Crippen molar-refractivity contribution in [2.45, 2.75) is 26.3 Å². The lowest BCUT2D eigenvalue weighted by Gasteiger charge is -2.16. The molecule has 8 heteroatoms. The first-order valence-electron chi connectivity index (χ1n) is 4.98. The molecule has 20 heavy (non-hydrogen) atoms. The molecule has 0 fully saturated rings. The fraction of sp³-hybridized carbons (Fsp3) is 0.417. The molecular weight excluding hydrogens is 288 g/mol. The SMILES string of the molecule is C.CN(C=O)Cc1cc(C(F)(F)F)cc(C(F)(F)F)c1. The Hall–Kier alpha value is -1.73. The number of nitrogens with zero attached hydrogens (tertiary/aromatic N) is 1. The molecule has 1 aromatic carbocycles. The summed E-state index contributed by atoms with van der Waals surface area (Å²) in [5.74, 6) is 0. The number of carbonyl (C=O) groups is 1. The van der Waals surface area contributed by atoms with Crippen LogP contribution in [0.25, 0.3) is 0 Å². The average Bonchev–Trinajstić information content (AvgIpc) is 2.26. The van der Waals surface area contributed by atoms with Crippen LogP contribution in [0.15, 0.2) is 18.2 Å². The van der Waals surface area contributed by atoms with Crippen molar-refractivity contribution < 1.29 is 31.1 Å². The Bertz CT molecular complexity index is 434. The summed E-state index contributed by atoms with van der Waals surface area (Å²) in [6.07, 6.45) is -9.45. The fourth-order valence-electron chi connectivity index (χ4n) is 1.44. The van der Waals surface area contributed by atoms with Gasteiger partial charge >= 0.3 is 12.4 Å². The maximum atomic E-state index is 12.5. The van der Waals surface area contributed by atoms with Crippen molar-refractivity contribution in [2.75, 3.05) is 7.05 Å². The number of carbonyl (C=O) groups excluding carboxylic acids is 1. The number of hydrogen-bond donors (Lipinski definition) is 0. The number of alkyl halides is 6. The van der Waals surface area contributed by atoms with Crippen LogP contribution in [0.2, 0.25) is 0 Å². The monoisotopic (exact) mass is 301 g/mol. The van der Waals surface area contributed by atoms with Gasteiger partial charge in [0.1, 0.15) is 0 Å². The van der Waals surface area contributed by atoms with Crippen molar-refractivity contribution in [1.29, 1.82) is 0 Å². The largest absolute Gasteiger partial charge is 0.416 e. The minimum absolute atomic E-state index is 0. The van der Waals surface area contributed by atoms with Gasteiger partial charge in [0.05, 0.1) is 11.1 Å². The van der Waals surface area contributed by atoms with E-state index in [1.165, 1.54) is 7.05 Å². The molecule has 0 aromatic heterocycles. The topological polar surface area (TPSA) is 20.3 Å². The van der Waals surface area contributed by atoms with Crippen LogP contribution in [-0.4, -0.2) is 18.4 Å². The molecule has 0 atom stereocenters. The van der Waals surface area contributed by atoms with Gasteiger partial charge in [-0.2, -0.15) is 26.3 Å². The number of hydrogen-bond acceptors (Lipinski definition) is 1. The normalized spacial score (nSPS) is 11.8. The minimum Gasteiger partial charge on any atom is -0.344 e. The van der Waals surface area contributed by atoms with E-state index in [2.05, 4.69) is 0 Å². The molecule has 0 bridgehead atoms. The average molecular weight is 301 g/mol. The zero-order valence-electron chi connectivity index (χ0n) is 9.64. The second-order valence-electron chi connectivity index (χ2n) is 3.93. The van der Waals surface area contributed by atoms with Crippen LogP contribution in [-0.2, 0) is 23.7 Å². The van der Waals surface area contributed by atoms with Crippen molar-refractivity contribution in [1.82, 2.24) is 4.90 Å². The molecule has 0 saturated carbocycles. The maximum Gasteiger partial charge on any atom is 0.416 e. The molecule has 2 nitrogen and oxygen atoms in total. The quantitative estimate of drug-likeness (QED) is 0.611. The van der Waals surface area contributed by atoms with Gasteiger partial charge in [0.25, 0.3) is 0 Å². The van der Waals surface area contributed by atoms with E-state index >= 15 is 0 Å². The highest BCUT2D eigenvalue weighted by molar-refractivity contribution is 5.47. The van der Waals surface area contributed by atoms with Gasteiger partial charge in [-0.1, -0.05) is 7.43 Å². The first kappa shape index (κ1) is 18.3. The fourth-order valence-corrected chi connectivity index (χ4v) is 1.44. The molecule has 0 saturated heterocycles. The first-order chi connectivity index (χ1) is 8.54. The van der Waals surface area contributed by atoms with Crippen molar-refractivity contribution >= 4 is 6.41 Å². The Balaban J connectivity index is 0.00000361. The number of halogens is 6. The molecule has 0 aliphatic heterocycles. The van der Waals surface area contributed by atoms with Crippen LogP contribution in [0.5, 0.6) is 0 Å². The summed E-state index contributed by atoms with van der Waals surface area (Å²) < 4.78 is 75.0.